The molecule has 0 saturated carbocycles. The number of hydrogen-bond donors (Lipinski definition) is 0. The predicted molar refractivity (Wildman–Crippen MR) is 79.3 cm³/mol. The van der Waals surface area contributed by atoms with Crippen LogP contribution in [0.15, 0.2) is 11.1 Å². The standard InChI is InChI=1S/C14H18N2O3S/c1-5-10(14(18)19-6-2)16-7-15-12-11(13(16)17)8(3)9(4)20-12/h7,10H,5-6H2,1-4H3. The molecule has 1 atom stereocenters. The van der Waals surface area contributed by atoms with Gasteiger partial charge in [0.1, 0.15) is 10.9 Å². The van der Waals surface area contributed by atoms with Gasteiger partial charge in [0, 0.05) is 4.88 Å². The van der Waals surface area contributed by atoms with E-state index in [1.54, 1.807) is 6.92 Å². The lowest BCUT2D eigenvalue weighted by Crippen LogP contribution is -2.31. The Labute approximate surface area is 121 Å². The predicted octanol–water partition coefficient (Wildman–Crippen LogP) is 2.59. The molecule has 2 aromatic heterocycles. The van der Waals surface area contributed by atoms with Crippen LogP contribution in [0.2, 0.25) is 0 Å². The van der Waals surface area contributed by atoms with Crippen molar-refractivity contribution in [1.29, 1.82) is 0 Å². The molecule has 0 aromatic carbocycles. The molecule has 0 aliphatic heterocycles. The van der Waals surface area contributed by atoms with E-state index in [0.717, 1.165) is 15.3 Å². The molecule has 20 heavy (non-hydrogen) atoms. The molecular weight excluding hydrogens is 276 g/mol. The number of nitrogens with zero attached hydrogens (tertiary/aromatic N) is 2. The van der Waals surface area contributed by atoms with Gasteiger partial charge in [0.05, 0.1) is 18.3 Å². The van der Waals surface area contributed by atoms with Crippen molar-refractivity contribution in [1.82, 2.24) is 9.55 Å². The number of ether oxygens (including phenoxy) is 1. The van der Waals surface area contributed by atoms with Crippen LogP contribution in [0.3, 0.4) is 0 Å². The van der Waals surface area contributed by atoms with E-state index in [2.05, 4.69) is 4.98 Å². The Morgan fingerprint density at radius 3 is 2.75 bits per heavy atom. The highest BCUT2D eigenvalue weighted by Crippen LogP contribution is 2.26. The quantitative estimate of drug-likeness (QED) is 0.813. The third-order valence-electron chi connectivity index (χ3n) is 3.40. The second-order valence-electron chi connectivity index (χ2n) is 4.60. The number of esters is 1. The maximum absolute atomic E-state index is 12.6. The SMILES string of the molecule is CCOC(=O)C(CC)n1cnc2sc(C)c(C)c2c1=O. The van der Waals surface area contributed by atoms with Gasteiger partial charge in [-0.05, 0) is 32.8 Å². The molecule has 0 aliphatic carbocycles. The Bertz CT molecular complexity index is 702. The van der Waals surface area contributed by atoms with E-state index in [1.807, 2.05) is 20.8 Å². The number of fused-ring (bicyclic) bond motifs is 1. The van der Waals surface area contributed by atoms with Gasteiger partial charge < -0.3 is 4.74 Å². The first-order chi connectivity index (χ1) is 9.51. The van der Waals surface area contributed by atoms with Crippen molar-refractivity contribution in [2.75, 3.05) is 6.61 Å². The molecule has 0 radical (unpaired) electrons. The second kappa shape index (κ2) is 5.75. The highest BCUT2D eigenvalue weighted by Gasteiger charge is 2.23. The Kier molecular flexibility index (Phi) is 4.23. The Balaban J connectivity index is 2.60. The summed E-state index contributed by atoms with van der Waals surface area (Å²) in [7, 11) is 0. The molecule has 0 amide bonds. The summed E-state index contributed by atoms with van der Waals surface area (Å²) in [5.74, 6) is -0.386. The third kappa shape index (κ3) is 2.35. The molecule has 108 valence electrons. The van der Waals surface area contributed by atoms with E-state index in [-0.39, 0.29) is 11.5 Å². The molecule has 2 rings (SSSR count). The van der Waals surface area contributed by atoms with Crippen molar-refractivity contribution in [3.8, 4) is 0 Å². The van der Waals surface area contributed by atoms with E-state index in [0.29, 0.717) is 18.4 Å². The van der Waals surface area contributed by atoms with Crippen LogP contribution < -0.4 is 5.56 Å². The van der Waals surface area contributed by atoms with Gasteiger partial charge in [0.15, 0.2) is 0 Å². The van der Waals surface area contributed by atoms with Gasteiger partial charge in [-0.3, -0.25) is 9.36 Å². The first-order valence-corrected chi connectivity index (χ1v) is 7.46. The van der Waals surface area contributed by atoms with Crippen LogP contribution in [-0.2, 0) is 9.53 Å². The van der Waals surface area contributed by atoms with Crippen LogP contribution in [0.4, 0.5) is 0 Å². The minimum absolute atomic E-state index is 0.170. The Morgan fingerprint density at radius 2 is 2.15 bits per heavy atom. The number of carbonyl (C=O) groups is 1. The minimum Gasteiger partial charge on any atom is -0.464 e. The van der Waals surface area contributed by atoms with Crippen molar-refractivity contribution in [3.05, 3.63) is 27.1 Å². The summed E-state index contributed by atoms with van der Waals surface area (Å²) in [6.07, 6.45) is 1.94. The van der Waals surface area contributed by atoms with Gasteiger partial charge in [0.25, 0.3) is 5.56 Å². The van der Waals surface area contributed by atoms with Crippen LogP contribution in [0.1, 0.15) is 36.8 Å². The van der Waals surface area contributed by atoms with Crippen molar-refractivity contribution >= 4 is 27.5 Å². The lowest BCUT2D eigenvalue weighted by Gasteiger charge is -2.16. The van der Waals surface area contributed by atoms with Gasteiger partial charge in [-0.2, -0.15) is 0 Å². The van der Waals surface area contributed by atoms with Gasteiger partial charge in [-0.1, -0.05) is 6.92 Å². The third-order valence-corrected chi connectivity index (χ3v) is 4.51. The number of thiophene rings is 1. The number of carbonyl (C=O) groups excluding carboxylic acids is 1. The Hall–Kier alpha value is -1.69. The first kappa shape index (κ1) is 14.7. The topological polar surface area (TPSA) is 61.2 Å². The highest BCUT2D eigenvalue weighted by molar-refractivity contribution is 7.18. The monoisotopic (exact) mass is 294 g/mol. The van der Waals surface area contributed by atoms with Crippen LogP contribution in [-0.4, -0.2) is 22.1 Å². The molecule has 2 aromatic rings. The van der Waals surface area contributed by atoms with E-state index in [4.69, 9.17) is 4.74 Å². The first-order valence-electron chi connectivity index (χ1n) is 6.64. The summed E-state index contributed by atoms with van der Waals surface area (Å²) >= 11 is 1.50. The smallest absolute Gasteiger partial charge is 0.329 e. The molecule has 0 fully saturated rings. The van der Waals surface area contributed by atoms with Crippen LogP contribution in [0.5, 0.6) is 0 Å². The molecule has 0 aliphatic rings. The average Bonchev–Trinajstić information content (AvgIpc) is 2.70. The summed E-state index contributed by atoms with van der Waals surface area (Å²) < 4.78 is 6.42. The molecular formula is C14H18N2O3S. The molecule has 6 heteroatoms. The maximum Gasteiger partial charge on any atom is 0.329 e. The maximum atomic E-state index is 12.6. The van der Waals surface area contributed by atoms with Crippen LogP contribution in [0.25, 0.3) is 10.2 Å². The molecule has 0 bridgehead atoms. The van der Waals surface area contributed by atoms with Gasteiger partial charge in [-0.25, -0.2) is 9.78 Å². The Morgan fingerprint density at radius 1 is 1.45 bits per heavy atom. The summed E-state index contributed by atoms with van der Waals surface area (Å²) in [4.78, 5) is 30.6. The fraction of sp³-hybridized carbons (Fsp3) is 0.500. The molecule has 0 saturated heterocycles. The molecule has 0 spiro atoms. The van der Waals surface area contributed by atoms with Crippen molar-refractivity contribution in [3.63, 3.8) is 0 Å². The largest absolute Gasteiger partial charge is 0.464 e. The average molecular weight is 294 g/mol. The van der Waals surface area contributed by atoms with Crippen molar-refractivity contribution in [2.24, 2.45) is 0 Å². The normalized spacial score (nSPS) is 12.6. The van der Waals surface area contributed by atoms with Crippen LogP contribution in [0, 0.1) is 13.8 Å². The molecule has 1 unspecified atom stereocenters. The van der Waals surface area contributed by atoms with Crippen molar-refractivity contribution in [2.45, 2.75) is 40.2 Å². The van der Waals surface area contributed by atoms with Gasteiger partial charge in [0.2, 0.25) is 0 Å². The van der Waals surface area contributed by atoms with Crippen LogP contribution >= 0.6 is 11.3 Å². The lowest BCUT2D eigenvalue weighted by molar-refractivity contribution is -0.147. The number of aryl methyl sites for hydroxylation is 2. The zero-order chi connectivity index (χ0) is 14.9. The molecule has 5 nitrogen and oxygen atoms in total. The van der Waals surface area contributed by atoms with E-state index in [9.17, 15) is 9.59 Å². The lowest BCUT2D eigenvalue weighted by atomic mass is 10.2. The van der Waals surface area contributed by atoms with Gasteiger partial charge in [-0.15, -0.1) is 11.3 Å². The summed E-state index contributed by atoms with van der Waals surface area (Å²) in [6, 6.07) is -0.612. The zero-order valence-electron chi connectivity index (χ0n) is 12.1. The fourth-order valence-corrected chi connectivity index (χ4v) is 3.17. The molecule has 0 N–H and O–H groups in total. The van der Waals surface area contributed by atoms with E-state index < -0.39 is 6.04 Å². The number of hydrogen-bond acceptors (Lipinski definition) is 5. The number of aromatic nitrogens is 2. The van der Waals surface area contributed by atoms with Gasteiger partial charge >= 0.3 is 5.97 Å². The minimum atomic E-state index is -0.612. The second-order valence-corrected chi connectivity index (χ2v) is 5.80. The zero-order valence-corrected chi connectivity index (χ0v) is 12.9. The molecule has 2 heterocycles. The summed E-state index contributed by atoms with van der Waals surface area (Å²) in [5, 5.41) is 0.609. The summed E-state index contributed by atoms with van der Waals surface area (Å²) in [6.45, 7) is 7.78. The van der Waals surface area contributed by atoms with E-state index >= 15 is 0 Å². The fourth-order valence-electron chi connectivity index (χ4n) is 2.19. The van der Waals surface area contributed by atoms with Crippen molar-refractivity contribution < 1.29 is 9.53 Å². The summed E-state index contributed by atoms with van der Waals surface area (Å²) in [5.41, 5.74) is 0.771. The van der Waals surface area contributed by atoms with E-state index in [1.165, 1.54) is 22.2 Å². The highest BCUT2D eigenvalue weighted by atomic mass is 32.1. The number of rotatable bonds is 4.